The molecule has 2 aromatic carbocycles. The van der Waals surface area contributed by atoms with Crippen LogP contribution in [0.2, 0.25) is 10.0 Å². The fraction of sp³-hybridized carbons (Fsp3) is 0.500. The van der Waals surface area contributed by atoms with Gasteiger partial charge in [0.05, 0.1) is 11.6 Å². The van der Waals surface area contributed by atoms with Crippen LogP contribution >= 0.6 is 23.2 Å². The van der Waals surface area contributed by atoms with E-state index < -0.39 is 5.54 Å². The maximum absolute atomic E-state index is 11.5. The van der Waals surface area contributed by atoms with E-state index in [9.17, 15) is 4.79 Å². The summed E-state index contributed by atoms with van der Waals surface area (Å²) in [6, 6.07) is 13.2. The number of hydrogen-bond acceptors (Lipinski definition) is 5. The SMILES string of the molecule is CC(=O)Nc1ccc(NC2(c3nnnn3[C@H](/C=C/c3ccc(Cl)cc3Cl)C(C)(C)C)CCC(C(C)(C)C)CC2)cc1. The summed E-state index contributed by atoms with van der Waals surface area (Å²) in [5, 5.41) is 21.4. The van der Waals surface area contributed by atoms with Gasteiger partial charge in [0, 0.05) is 28.3 Å². The van der Waals surface area contributed by atoms with E-state index in [0.29, 0.717) is 16.0 Å². The fourth-order valence-electron chi connectivity index (χ4n) is 5.76. The molecular formula is C32H42Cl2N6O. The fourth-order valence-corrected chi connectivity index (χ4v) is 6.23. The summed E-state index contributed by atoms with van der Waals surface area (Å²) in [6.45, 7) is 15.0. The van der Waals surface area contributed by atoms with Crippen molar-refractivity contribution in [3.05, 3.63) is 70.0 Å². The van der Waals surface area contributed by atoms with Crippen molar-refractivity contribution in [2.24, 2.45) is 16.7 Å². The first-order valence-corrected chi connectivity index (χ1v) is 15.0. The molecule has 1 aliphatic carbocycles. The number of hydrogen-bond donors (Lipinski definition) is 2. The Hall–Kier alpha value is -2.90. The summed E-state index contributed by atoms with van der Waals surface area (Å²) >= 11 is 12.6. The van der Waals surface area contributed by atoms with Crippen LogP contribution in [-0.4, -0.2) is 26.1 Å². The van der Waals surface area contributed by atoms with Crippen LogP contribution in [-0.2, 0) is 10.3 Å². The molecule has 0 unspecified atom stereocenters. The van der Waals surface area contributed by atoms with Crippen molar-refractivity contribution in [1.82, 2.24) is 20.2 Å². The molecule has 9 heteroatoms. The average Bonchev–Trinajstić information content (AvgIpc) is 3.35. The minimum Gasteiger partial charge on any atom is -0.373 e. The summed E-state index contributed by atoms with van der Waals surface area (Å²) in [5.74, 6) is 1.33. The van der Waals surface area contributed by atoms with Gasteiger partial charge in [0.15, 0.2) is 5.82 Å². The van der Waals surface area contributed by atoms with E-state index in [2.05, 4.69) is 73.8 Å². The first-order valence-electron chi connectivity index (χ1n) is 14.3. The summed E-state index contributed by atoms with van der Waals surface area (Å²) < 4.78 is 1.98. The van der Waals surface area contributed by atoms with Crippen LogP contribution in [0, 0.1) is 16.7 Å². The smallest absolute Gasteiger partial charge is 0.221 e. The van der Waals surface area contributed by atoms with Crippen LogP contribution in [0.4, 0.5) is 11.4 Å². The molecular weight excluding hydrogens is 555 g/mol. The summed E-state index contributed by atoms with van der Waals surface area (Å²) in [6.07, 6.45) is 8.06. The van der Waals surface area contributed by atoms with Crippen LogP contribution < -0.4 is 10.6 Å². The minimum atomic E-state index is -0.462. The Bertz CT molecular complexity index is 1380. The summed E-state index contributed by atoms with van der Waals surface area (Å²) in [4.78, 5) is 11.5. The molecule has 1 saturated carbocycles. The van der Waals surface area contributed by atoms with Crippen LogP contribution in [0.25, 0.3) is 6.08 Å². The van der Waals surface area contributed by atoms with E-state index in [1.165, 1.54) is 6.92 Å². The molecule has 7 nitrogen and oxygen atoms in total. The molecule has 3 aromatic rings. The van der Waals surface area contributed by atoms with Gasteiger partial charge in [-0.05, 0) is 94.8 Å². The zero-order chi connectivity index (χ0) is 30.0. The van der Waals surface area contributed by atoms with Crippen LogP contribution in [0.1, 0.15) is 91.6 Å². The average molecular weight is 598 g/mol. The highest BCUT2D eigenvalue weighted by Gasteiger charge is 2.45. The Morgan fingerprint density at radius 2 is 1.66 bits per heavy atom. The Kier molecular flexibility index (Phi) is 9.19. The van der Waals surface area contributed by atoms with Crippen molar-refractivity contribution in [3.8, 4) is 0 Å². The minimum absolute atomic E-state index is 0.0944. The summed E-state index contributed by atoms with van der Waals surface area (Å²) in [5.41, 5.74) is 2.18. The molecule has 0 radical (unpaired) electrons. The third kappa shape index (κ3) is 7.49. The number of tetrazole rings is 1. The van der Waals surface area contributed by atoms with E-state index in [1.807, 2.05) is 47.2 Å². The third-order valence-electron chi connectivity index (χ3n) is 8.14. The van der Waals surface area contributed by atoms with Crippen molar-refractivity contribution in [2.75, 3.05) is 10.6 Å². The molecule has 41 heavy (non-hydrogen) atoms. The number of halogens is 2. The van der Waals surface area contributed by atoms with Gasteiger partial charge >= 0.3 is 0 Å². The van der Waals surface area contributed by atoms with Crippen molar-refractivity contribution < 1.29 is 4.79 Å². The second-order valence-electron chi connectivity index (χ2n) is 13.4. The van der Waals surface area contributed by atoms with E-state index in [0.717, 1.165) is 48.4 Å². The van der Waals surface area contributed by atoms with Crippen LogP contribution in [0.3, 0.4) is 0 Å². The molecule has 1 atom stereocenters. The highest BCUT2D eigenvalue weighted by molar-refractivity contribution is 6.35. The number of benzene rings is 2. The number of rotatable bonds is 7. The monoisotopic (exact) mass is 596 g/mol. The van der Waals surface area contributed by atoms with Gasteiger partial charge in [-0.3, -0.25) is 4.79 Å². The van der Waals surface area contributed by atoms with E-state index in [-0.39, 0.29) is 22.8 Å². The van der Waals surface area contributed by atoms with Gasteiger partial charge in [-0.15, -0.1) is 5.10 Å². The topological polar surface area (TPSA) is 84.7 Å². The lowest BCUT2D eigenvalue weighted by Gasteiger charge is -2.45. The largest absolute Gasteiger partial charge is 0.373 e. The second kappa shape index (κ2) is 12.1. The number of amides is 1. The van der Waals surface area contributed by atoms with Crippen molar-refractivity contribution in [1.29, 1.82) is 0 Å². The molecule has 4 rings (SSSR count). The Labute approximate surface area is 254 Å². The molecule has 0 bridgehead atoms. The van der Waals surface area contributed by atoms with Crippen molar-refractivity contribution >= 4 is 46.6 Å². The van der Waals surface area contributed by atoms with Gasteiger partial charge in [-0.25, -0.2) is 4.68 Å². The normalized spacial score (nSPS) is 20.7. The number of nitrogens with zero attached hydrogens (tertiary/aromatic N) is 4. The van der Waals surface area contributed by atoms with E-state index in [1.54, 1.807) is 6.07 Å². The lowest BCUT2D eigenvalue weighted by molar-refractivity contribution is -0.114. The maximum Gasteiger partial charge on any atom is 0.221 e. The molecule has 220 valence electrons. The van der Waals surface area contributed by atoms with Gasteiger partial charge in [-0.2, -0.15) is 0 Å². The highest BCUT2D eigenvalue weighted by atomic mass is 35.5. The van der Waals surface area contributed by atoms with Gasteiger partial charge in [0.25, 0.3) is 0 Å². The quantitative estimate of drug-likeness (QED) is 0.284. The van der Waals surface area contributed by atoms with Gasteiger partial charge in [-0.1, -0.05) is 83.0 Å². The zero-order valence-corrected chi connectivity index (χ0v) is 26.6. The number of anilines is 2. The predicted octanol–water partition coefficient (Wildman–Crippen LogP) is 8.78. The Morgan fingerprint density at radius 1 is 1.02 bits per heavy atom. The van der Waals surface area contributed by atoms with Gasteiger partial charge in [0.1, 0.15) is 0 Å². The number of carbonyl (C=O) groups excluding carboxylic acids is 1. The number of aromatic nitrogens is 4. The number of carbonyl (C=O) groups is 1. The molecule has 1 aliphatic rings. The molecule has 1 fully saturated rings. The third-order valence-corrected chi connectivity index (χ3v) is 8.71. The predicted molar refractivity (Wildman–Crippen MR) is 169 cm³/mol. The number of nitrogens with one attached hydrogen (secondary N) is 2. The molecule has 2 N–H and O–H groups in total. The van der Waals surface area contributed by atoms with E-state index in [4.69, 9.17) is 23.2 Å². The molecule has 0 aliphatic heterocycles. The molecule has 1 aromatic heterocycles. The maximum atomic E-state index is 11.5. The standard InChI is InChI=1S/C32H42Cl2N6O/c1-21(41)35-25-11-13-26(14-12-25)36-32(18-16-23(17-19-32)30(2,3)4)29-37-38-39-40(29)28(31(5,6)7)15-9-22-8-10-24(33)20-27(22)34/h8-15,20,23,28,36H,16-19H2,1-7H3,(H,35,41)/b15-9+/t23?,28-,32?/m1/s1. The Morgan fingerprint density at radius 3 is 2.22 bits per heavy atom. The Balaban J connectivity index is 1.74. The lowest BCUT2D eigenvalue weighted by atomic mass is 9.67. The van der Waals surface area contributed by atoms with Gasteiger partial charge in [0.2, 0.25) is 5.91 Å². The first kappa shape index (κ1) is 31.0. The first-order chi connectivity index (χ1) is 19.2. The van der Waals surface area contributed by atoms with Crippen molar-refractivity contribution in [2.45, 2.75) is 85.7 Å². The van der Waals surface area contributed by atoms with Gasteiger partial charge < -0.3 is 10.6 Å². The second-order valence-corrected chi connectivity index (χ2v) is 14.2. The van der Waals surface area contributed by atoms with Crippen LogP contribution in [0.5, 0.6) is 0 Å². The molecule has 0 spiro atoms. The molecule has 0 saturated heterocycles. The highest BCUT2D eigenvalue weighted by Crippen LogP contribution is 2.47. The van der Waals surface area contributed by atoms with Crippen molar-refractivity contribution in [3.63, 3.8) is 0 Å². The number of allylic oxidation sites excluding steroid dienone is 1. The lowest BCUT2D eigenvalue weighted by Crippen LogP contribution is -2.44. The van der Waals surface area contributed by atoms with E-state index >= 15 is 0 Å². The molecule has 1 heterocycles. The summed E-state index contributed by atoms with van der Waals surface area (Å²) in [7, 11) is 0. The molecule has 1 amide bonds. The van der Waals surface area contributed by atoms with Crippen LogP contribution in [0.15, 0.2) is 48.5 Å². The zero-order valence-electron chi connectivity index (χ0n) is 25.1.